The first-order valence-electron chi connectivity index (χ1n) is 7.70. The number of carboxylic acids is 1. The maximum absolute atomic E-state index is 11.1. The molecule has 0 bridgehead atoms. The summed E-state index contributed by atoms with van der Waals surface area (Å²) in [6.45, 7) is 2.05. The van der Waals surface area contributed by atoms with E-state index in [1.54, 1.807) is 6.07 Å². The molecule has 124 valence electrons. The minimum absolute atomic E-state index is 0.145. The first-order valence-corrected chi connectivity index (χ1v) is 7.70. The molecular formula is C17H22N2O4. The van der Waals surface area contributed by atoms with E-state index in [0.717, 1.165) is 38.5 Å². The third-order valence-corrected chi connectivity index (χ3v) is 3.76. The van der Waals surface area contributed by atoms with Gasteiger partial charge in [-0.15, -0.1) is 0 Å². The Hall–Kier alpha value is -2.34. The van der Waals surface area contributed by atoms with Crippen molar-refractivity contribution in [1.29, 1.82) is 0 Å². The summed E-state index contributed by atoms with van der Waals surface area (Å²) < 4.78 is 5.24. The van der Waals surface area contributed by atoms with Gasteiger partial charge in [-0.1, -0.05) is 30.3 Å². The molecule has 6 heteroatoms. The lowest BCUT2D eigenvalue weighted by Crippen LogP contribution is -2.38. The van der Waals surface area contributed by atoms with Crippen molar-refractivity contribution in [2.45, 2.75) is 38.1 Å². The van der Waals surface area contributed by atoms with E-state index in [-0.39, 0.29) is 5.56 Å². The van der Waals surface area contributed by atoms with Crippen LogP contribution < -0.4 is 10.9 Å². The number of hydrogen-bond donors (Lipinski definition) is 3. The molecule has 0 amide bonds. The number of aromatic nitrogens is 1. The van der Waals surface area contributed by atoms with E-state index in [9.17, 15) is 4.79 Å². The summed E-state index contributed by atoms with van der Waals surface area (Å²) in [5.41, 5.74) is 1.20. The minimum Gasteiger partial charge on any atom is -0.481 e. The van der Waals surface area contributed by atoms with Crippen molar-refractivity contribution < 1.29 is 14.4 Å². The van der Waals surface area contributed by atoms with Crippen molar-refractivity contribution in [3.63, 3.8) is 0 Å². The fourth-order valence-electron chi connectivity index (χ4n) is 2.82. The number of aromatic amines is 1. The highest BCUT2D eigenvalue weighted by atomic mass is 16.5. The van der Waals surface area contributed by atoms with Gasteiger partial charge in [0.2, 0.25) is 0 Å². The van der Waals surface area contributed by atoms with Gasteiger partial charge in [0.25, 0.3) is 11.5 Å². The third-order valence-electron chi connectivity index (χ3n) is 3.76. The van der Waals surface area contributed by atoms with Crippen LogP contribution in [-0.4, -0.2) is 28.8 Å². The molecule has 1 aromatic carbocycles. The van der Waals surface area contributed by atoms with Crippen LogP contribution >= 0.6 is 0 Å². The van der Waals surface area contributed by atoms with Crippen molar-refractivity contribution >= 4 is 5.97 Å². The van der Waals surface area contributed by atoms with Crippen LogP contribution in [0.25, 0.3) is 0 Å². The third kappa shape index (κ3) is 5.75. The number of rotatable bonds is 3. The van der Waals surface area contributed by atoms with Gasteiger partial charge in [-0.05, 0) is 31.4 Å². The van der Waals surface area contributed by atoms with Gasteiger partial charge in [0.1, 0.15) is 5.76 Å². The van der Waals surface area contributed by atoms with Crippen LogP contribution in [0.1, 0.15) is 37.0 Å². The molecule has 1 aliphatic heterocycles. The standard InChI is InChI=1S/C15H18N2O2.C2H4O2/c18-15-10-14(19-17-15)12-6-7-16-13(9-12)8-11-4-2-1-3-5-11;1-2(3)4/h1-5,10,12-13,16H,6-9H2,(H,17,18);1H3,(H,3,4). The molecule has 2 unspecified atom stereocenters. The van der Waals surface area contributed by atoms with Gasteiger partial charge in [-0.3, -0.25) is 9.59 Å². The SMILES string of the molecule is CC(=O)O.O=c1cc(C2CCNC(Cc3ccccc3)C2)o[nH]1. The smallest absolute Gasteiger partial charge is 0.300 e. The van der Waals surface area contributed by atoms with Crippen molar-refractivity contribution in [3.8, 4) is 0 Å². The molecule has 2 atom stereocenters. The lowest BCUT2D eigenvalue weighted by atomic mass is 9.87. The Morgan fingerprint density at radius 3 is 2.65 bits per heavy atom. The van der Waals surface area contributed by atoms with Crippen molar-refractivity contribution in [3.05, 3.63) is 58.1 Å². The predicted octanol–water partition coefficient (Wildman–Crippen LogP) is 2.14. The number of H-pyrrole nitrogens is 1. The Balaban J connectivity index is 0.000000433. The second-order valence-electron chi connectivity index (χ2n) is 5.70. The fraction of sp³-hybridized carbons (Fsp3) is 0.412. The summed E-state index contributed by atoms with van der Waals surface area (Å²) in [7, 11) is 0. The second-order valence-corrected chi connectivity index (χ2v) is 5.70. The first kappa shape index (κ1) is 17.0. The van der Waals surface area contributed by atoms with Crippen molar-refractivity contribution in [2.75, 3.05) is 6.54 Å². The van der Waals surface area contributed by atoms with Gasteiger partial charge in [0.15, 0.2) is 0 Å². The van der Waals surface area contributed by atoms with Gasteiger partial charge in [0, 0.05) is 24.9 Å². The van der Waals surface area contributed by atoms with E-state index in [1.165, 1.54) is 5.56 Å². The number of nitrogens with one attached hydrogen (secondary N) is 2. The molecule has 3 N–H and O–H groups in total. The first-order chi connectivity index (χ1) is 11.0. The maximum Gasteiger partial charge on any atom is 0.300 e. The predicted molar refractivity (Wildman–Crippen MR) is 86.6 cm³/mol. The topological polar surface area (TPSA) is 95.3 Å². The summed E-state index contributed by atoms with van der Waals surface area (Å²) >= 11 is 0. The van der Waals surface area contributed by atoms with Gasteiger partial charge in [0.05, 0.1) is 0 Å². The molecule has 0 spiro atoms. The zero-order chi connectivity index (χ0) is 16.7. The number of aliphatic carboxylic acids is 1. The molecular weight excluding hydrogens is 296 g/mol. The largest absolute Gasteiger partial charge is 0.481 e. The minimum atomic E-state index is -0.833. The monoisotopic (exact) mass is 318 g/mol. The van der Waals surface area contributed by atoms with E-state index >= 15 is 0 Å². The van der Waals surface area contributed by atoms with Crippen LogP contribution in [0.4, 0.5) is 0 Å². The molecule has 2 heterocycles. The molecule has 23 heavy (non-hydrogen) atoms. The lowest BCUT2D eigenvalue weighted by Gasteiger charge is -2.29. The lowest BCUT2D eigenvalue weighted by molar-refractivity contribution is -0.134. The van der Waals surface area contributed by atoms with E-state index in [1.807, 2.05) is 6.07 Å². The molecule has 1 fully saturated rings. The Bertz CT molecular complexity index is 658. The Morgan fingerprint density at radius 2 is 2.04 bits per heavy atom. The quantitative estimate of drug-likeness (QED) is 0.806. The zero-order valence-electron chi connectivity index (χ0n) is 13.1. The Kier molecular flexibility index (Phi) is 6.17. The van der Waals surface area contributed by atoms with Gasteiger partial charge < -0.3 is 14.9 Å². The highest BCUT2D eigenvalue weighted by Gasteiger charge is 2.25. The summed E-state index contributed by atoms with van der Waals surface area (Å²) in [5, 5.41) is 13.3. The average Bonchev–Trinajstić information content (AvgIpc) is 2.95. The number of piperidine rings is 1. The second kappa shape index (κ2) is 8.33. The molecule has 1 aromatic heterocycles. The molecule has 3 rings (SSSR count). The van der Waals surface area contributed by atoms with Crippen LogP contribution in [0.15, 0.2) is 45.7 Å². The highest BCUT2D eigenvalue weighted by molar-refractivity contribution is 5.62. The molecule has 0 radical (unpaired) electrons. The van der Waals surface area contributed by atoms with Crippen LogP contribution in [0.5, 0.6) is 0 Å². The van der Waals surface area contributed by atoms with Crippen LogP contribution in [-0.2, 0) is 11.2 Å². The number of carboxylic acid groups (broad SMARTS) is 1. The molecule has 1 saturated heterocycles. The summed E-state index contributed by atoms with van der Waals surface area (Å²) in [4.78, 5) is 20.1. The zero-order valence-corrected chi connectivity index (χ0v) is 13.1. The molecule has 2 aromatic rings. The van der Waals surface area contributed by atoms with Crippen molar-refractivity contribution in [1.82, 2.24) is 10.5 Å². The van der Waals surface area contributed by atoms with Gasteiger partial charge >= 0.3 is 0 Å². The van der Waals surface area contributed by atoms with Gasteiger partial charge in [-0.2, -0.15) is 5.16 Å². The molecule has 0 aliphatic carbocycles. The number of hydrogen-bond acceptors (Lipinski definition) is 4. The van der Waals surface area contributed by atoms with Crippen LogP contribution in [0.3, 0.4) is 0 Å². The number of carbonyl (C=O) groups is 1. The Morgan fingerprint density at radius 1 is 1.35 bits per heavy atom. The summed E-state index contributed by atoms with van der Waals surface area (Å²) in [6, 6.07) is 12.5. The molecule has 1 aliphatic rings. The number of benzene rings is 1. The van der Waals surface area contributed by atoms with Crippen LogP contribution in [0, 0.1) is 0 Å². The van der Waals surface area contributed by atoms with Crippen molar-refractivity contribution in [2.24, 2.45) is 0 Å². The van der Waals surface area contributed by atoms with E-state index in [2.05, 4.69) is 34.7 Å². The summed E-state index contributed by atoms with van der Waals surface area (Å²) in [5.74, 6) is 0.304. The van der Waals surface area contributed by atoms with E-state index < -0.39 is 5.97 Å². The van der Waals surface area contributed by atoms with E-state index in [4.69, 9.17) is 14.4 Å². The fourth-order valence-corrected chi connectivity index (χ4v) is 2.82. The summed E-state index contributed by atoms with van der Waals surface area (Å²) in [6.07, 6.45) is 3.05. The average molecular weight is 318 g/mol. The van der Waals surface area contributed by atoms with E-state index in [0.29, 0.717) is 12.0 Å². The van der Waals surface area contributed by atoms with Crippen LogP contribution in [0.2, 0.25) is 0 Å². The normalized spacial score (nSPS) is 20.4. The Labute approximate surface area is 134 Å². The van der Waals surface area contributed by atoms with Gasteiger partial charge in [-0.25, -0.2) is 0 Å². The molecule has 6 nitrogen and oxygen atoms in total. The maximum atomic E-state index is 11.1. The molecule has 0 saturated carbocycles. The highest BCUT2D eigenvalue weighted by Crippen LogP contribution is 2.27.